The summed E-state index contributed by atoms with van der Waals surface area (Å²) in [6.07, 6.45) is 0. The highest BCUT2D eigenvalue weighted by Gasteiger charge is 2.44. The van der Waals surface area contributed by atoms with Gasteiger partial charge in [0, 0.05) is 77.2 Å². The van der Waals surface area contributed by atoms with E-state index in [2.05, 4.69) is 360 Å². The highest BCUT2D eigenvalue weighted by Crippen LogP contribution is 2.54. The van der Waals surface area contributed by atoms with Crippen LogP contribution in [0.25, 0.3) is 66.4 Å². The van der Waals surface area contributed by atoms with Gasteiger partial charge in [-0.2, -0.15) is 0 Å². The van der Waals surface area contributed by atoms with Crippen LogP contribution >= 0.6 is 11.8 Å². The summed E-state index contributed by atoms with van der Waals surface area (Å²) in [5.41, 5.74) is 26.9. The molecule has 0 fully saturated rings. The Morgan fingerprint density at radius 1 is 0.348 bits per heavy atom. The molecule has 0 spiro atoms. The number of fused-ring (bicyclic) bond motifs is 8. The van der Waals surface area contributed by atoms with Crippen LogP contribution in [-0.4, -0.2) is 6.71 Å². The van der Waals surface area contributed by atoms with Crippen LogP contribution in [0.4, 0.5) is 51.2 Å². The van der Waals surface area contributed by atoms with Crippen molar-refractivity contribution in [1.82, 2.24) is 0 Å². The Hall–Kier alpha value is -10.5. The minimum absolute atomic E-state index is 0.0342. The summed E-state index contributed by atoms with van der Waals surface area (Å²) in [6.45, 7) is 13.6. The maximum absolute atomic E-state index is 6.77. The van der Waals surface area contributed by atoms with Gasteiger partial charge in [0.1, 0.15) is 11.2 Å². The first-order valence-corrected chi connectivity index (χ1v) is 32.8. The Balaban J connectivity index is 1.03. The second-order valence-corrected chi connectivity index (χ2v) is 27.5. The number of nitrogens with zero attached hydrogens (tertiary/aromatic N) is 3. The molecule has 92 heavy (non-hydrogen) atoms. The predicted molar refractivity (Wildman–Crippen MR) is 392 cm³/mol. The number of hydrogen-bond acceptors (Lipinski definition) is 5. The van der Waals surface area contributed by atoms with Crippen molar-refractivity contribution in [3.8, 4) is 44.5 Å². The summed E-state index contributed by atoms with van der Waals surface area (Å²) in [7, 11) is 0. The average Bonchev–Trinajstić information content (AvgIpc) is 0.914. The van der Waals surface area contributed by atoms with Crippen LogP contribution in [-0.2, 0) is 10.8 Å². The van der Waals surface area contributed by atoms with E-state index in [9.17, 15) is 0 Å². The summed E-state index contributed by atoms with van der Waals surface area (Å²) in [4.78, 5) is 9.98. The molecule has 3 heterocycles. The molecule has 0 unspecified atom stereocenters. The molecule has 6 heteroatoms. The monoisotopic (exact) mass is 1200 g/mol. The summed E-state index contributed by atoms with van der Waals surface area (Å²) in [5.74, 6) is 0. The fourth-order valence-electron chi connectivity index (χ4n) is 14.0. The fraction of sp³-hybridized carbons (Fsp3) is 0.0930. The van der Waals surface area contributed by atoms with Crippen LogP contribution in [0, 0.1) is 0 Å². The summed E-state index contributed by atoms with van der Waals surface area (Å²) >= 11 is 1.88. The lowest BCUT2D eigenvalue weighted by Crippen LogP contribution is -2.60. The maximum atomic E-state index is 6.77. The van der Waals surface area contributed by atoms with Crippen molar-refractivity contribution in [2.24, 2.45) is 0 Å². The number of hydrogen-bond donors (Lipinski definition) is 0. The SMILES string of the molecule is CC(C)(C)c1ccc(-c2cccc(-c3ccc(C(C)(C)C)cc3)c2N2c3cc(N(c4ccccc4)c4cccc(-c5ccccc5)c4)ccc3B3c4ccc5oc6ccccc6c5c4Sc4cc(N(c5ccccc5)c5cccc(-c6ccccc6)c5)cc2c43)cc1. The lowest BCUT2D eigenvalue weighted by atomic mass is 9.34. The Kier molecular flexibility index (Phi) is 14.0. The topological polar surface area (TPSA) is 22.9 Å². The van der Waals surface area contributed by atoms with Crippen molar-refractivity contribution in [1.29, 1.82) is 0 Å². The van der Waals surface area contributed by atoms with E-state index in [0.717, 1.165) is 107 Å². The molecule has 13 aromatic carbocycles. The van der Waals surface area contributed by atoms with E-state index in [1.165, 1.54) is 48.4 Å². The van der Waals surface area contributed by atoms with Gasteiger partial charge in [0.05, 0.1) is 5.69 Å². The minimum Gasteiger partial charge on any atom is -0.456 e. The third-order valence-corrected chi connectivity index (χ3v) is 19.8. The molecule has 0 aliphatic carbocycles. The molecule has 0 N–H and O–H groups in total. The zero-order chi connectivity index (χ0) is 62.2. The molecule has 0 radical (unpaired) electrons. The van der Waals surface area contributed by atoms with Crippen LogP contribution in [0.5, 0.6) is 0 Å². The maximum Gasteiger partial charge on any atom is 0.249 e. The van der Waals surface area contributed by atoms with E-state index >= 15 is 0 Å². The van der Waals surface area contributed by atoms with E-state index in [-0.39, 0.29) is 17.5 Å². The molecule has 2 aliphatic rings. The van der Waals surface area contributed by atoms with Gasteiger partial charge in [-0.25, -0.2) is 0 Å². The van der Waals surface area contributed by atoms with Crippen LogP contribution in [0.3, 0.4) is 0 Å². The van der Waals surface area contributed by atoms with E-state index in [1.54, 1.807) is 0 Å². The van der Waals surface area contributed by atoms with E-state index < -0.39 is 0 Å². The normalized spacial score (nSPS) is 12.6. The lowest BCUT2D eigenvalue weighted by molar-refractivity contribution is 0.590. The molecule has 2 aliphatic heterocycles. The van der Waals surface area contributed by atoms with E-state index in [1.807, 2.05) is 11.8 Å². The van der Waals surface area contributed by atoms with Crippen molar-refractivity contribution < 1.29 is 4.42 Å². The van der Waals surface area contributed by atoms with Crippen LogP contribution < -0.4 is 31.1 Å². The van der Waals surface area contributed by atoms with Crippen LogP contribution in [0.1, 0.15) is 52.7 Å². The number of furan rings is 1. The molecule has 0 saturated heterocycles. The standard InChI is InChI=1S/C86H68BN3OS/c1-85(2,3)63-44-40-59(41-45-63)71-37-23-38-72(60-42-46-64(47-43-60)86(4,5)6)83(71)90-76-54-69(88(65-30-15-9-16-31-65)67-34-21-28-61(52-67)57-24-11-7-12-25-57)48-49-74(76)87-75-50-51-79-81(73-36-19-20-39-78(73)91-79)84(75)92-80-56-70(55-77(90)82(80)87)89(66-32-17-10-18-33-66)68-35-22-29-62(53-68)58-26-13-8-14-27-58/h7-56H,1-6H3. The summed E-state index contributed by atoms with van der Waals surface area (Å²) in [6, 6.07) is 112. The van der Waals surface area contributed by atoms with Crippen molar-refractivity contribution in [3.63, 3.8) is 0 Å². The average molecular weight is 1200 g/mol. The largest absolute Gasteiger partial charge is 0.456 e. The Bertz CT molecular complexity index is 5020. The fourth-order valence-corrected chi connectivity index (χ4v) is 15.4. The lowest BCUT2D eigenvalue weighted by Gasteiger charge is -2.43. The molecule has 0 bridgehead atoms. The smallest absolute Gasteiger partial charge is 0.249 e. The van der Waals surface area contributed by atoms with Gasteiger partial charge in [-0.15, -0.1) is 0 Å². The van der Waals surface area contributed by atoms with Gasteiger partial charge in [0.15, 0.2) is 0 Å². The van der Waals surface area contributed by atoms with Crippen molar-refractivity contribution >= 4 is 108 Å². The number of para-hydroxylation sites is 4. The minimum atomic E-state index is -0.172. The first-order chi connectivity index (χ1) is 44.9. The third kappa shape index (κ3) is 10.1. The molecule has 14 aromatic rings. The molecular formula is C86H68BN3OS. The summed E-state index contributed by atoms with van der Waals surface area (Å²) < 4.78 is 6.77. The summed E-state index contributed by atoms with van der Waals surface area (Å²) in [5, 5.41) is 2.27. The zero-order valence-corrected chi connectivity index (χ0v) is 53.4. The van der Waals surface area contributed by atoms with E-state index in [4.69, 9.17) is 4.42 Å². The van der Waals surface area contributed by atoms with Gasteiger partial charge in [-0.3, -0.25) is 0 Å². The molecule has 1 aromatic heterocycles. The van der Waals surface area contributed by atoms with Crippen molar-refractivity contribution in [3.05, 3.63) is 314 Å². The second kappa shape index (κ2) is 22.8. The van der Waals surface area contributed by atoms with Crippen molar-refractivity contribution in [2.75, 3.05) is 14.7 Å². The third-order valence-electron chi connectivity index (χ3n) is 18.6. The molecule has 442 valence electrons. The Labute approximate surface area is 544 Å². The molecule has 0 atom stereocenters. The quantitative estimate of drug-likeness (QED) is 0.120. The molecule has 4 nitrogen and oxygen atoms in total. The predicted octanol–water partition coefficient (Wildman–Crippen LogP) is 22.6. The Morgan fingerprint density at radius 3 is 1.36 bits per heavy atom. The van der Waals surface area contributed by atoms with Crippen molar-refractivity contribution in [2.45, 2.75) is 62.2 Å². The van der Waals surface area contributed by atoms with Crippen LogP contribution in [0.15, 0.2) is 318 Å². The first kappa shape index (κ1) is 56.7. The number of rotatable bonds is 11. The highest BCUT2D eigenvalue weighted by atomic mass is 32.2. The molecule has 0 saturated carbocycles. The number of anilines is 9. The van der Waals surface area contributed by atoms with Gasteiger partial charge in [-0.1, -0.05) is 277 Å². The van der Waals surface area contributed by atoms with Gasteiger partial charge < -0.3 is 19.1 Å². The molecule has 0 amide bonds. The van der Waals surface area contributed by atoms with Gasteiger partial charge in [0.2, 0.25) is 6.71 Å². The Morgan fingerprint density at radius 2 is 0.804 bits per heavy atom. The zero-order valence-electron chi connectivity index (χ0n) is 52.6. The second-order valence-electron chi connectivity index (χ2n) is 26.5. The van der Waals surface area contributed by atoms with Crippen LogP contribution in [0.2, 0.25) is 0 Å². The first-order valence-electron chi connectivity index (χ1n) is 32.0. The van der Waals surface area contributed by atoms with Gasteiger partial charge in [-0.05, 0) is 151 Å². The van der Waals surface area contributed by atoms with E-state index in [0.29, 0.717) is 0 Å². The van der Waals surface area contributed by atoms with Gasteiger partial charge >= 0.3 is 0 Å². The molecule has 16 rings (SSSR count). The molecular weight excluding hydrogens is 1130 g/mol. The highest BCUT2D eigenvalue weighted by molar-refractivity contribution is 8.00. The van der Waals surface area contributed by atoms with Gasteiger partial charge in [0.25, 0.3) is 0 Å². The number of benzene rings is 13.